The molecule has 1 aliphatic heterocycles. The Bertz CT molecular complexity index is 1090. The monoisotopic (exact) mass is 418 g/mol. The largest absolute Gasteiger partial charge is 0.436 e. The Hall–Kier alpha value is -3.94. The zero-order chi connectivity index (χ0) is 21.8. The summed E-state index contributed by atoms with van der Waals surface area (Å²) in [5, 5.41) is 5.46. The van der Waals surface area contributed by atoms with Gasteiger partial charge < -0.3 is 20.0 Å². The quantitative estimate of drug-likeness (QED) is 0.596. The van der Waals surface area contributed by atoms with Crippen LogP contribution in [0.4, 0.5) is 11.4 Å². The Kier molecular flexibility index (Phi) is 5.79. The molecular formula is C23H22N4O4. The van der Waals surface area contributed by atoms with Gasteiger partial charge in [0, 0.05) is 36.0 Å². The second kappa shape index (κ2) is 8.83. The third-order valence-electron chi connectivity index (χ3n) is 5.26. The van der Waals surface area contributed by atoms with Gasteiger partial charge in [-0.1, -0.05) is 0 Å². The van der Waals surface area contributed by atoms with Crippen LogP contribution < -0.4 is 10.6 Å². The van der Waals surface area contributed by atoms with Gasteiger partial charge in [-0.2, -0.15) is 0 Å². The molecule has 8 nitrogen and oxygen atoms in total. The van der Waals surface area contributed by atoms with Crippen LogP contribution in [0, 0.1) is 0 Å². The normalized spacial score (nSPS) is 15.5. The number of carbonyl (C=O) groups is 3. The Morgan fingerprint density at radius 2 is 1.74 bits per heavy atom. The molecule has 3 amide bonds. The third kappa shape index (κ3) is 4.48. The number of anilines is 2. The first-order chi connectivity index (χ1) is 15.0. The molecule has 1 fully saturated rings. The first kappa shape index (κ1) is 20.3. The van der Waals surface area contributed by atoms with Crippen LogP contribution in [-0.4, -0.2) is 40.7 Å². The topological polar surface area (TPSA) is 105 Å². The molecule has 3 aromatic rings. The molecule has 1 saturated heterocycles. The van der Waals surface area contributed by atoms with Gasteiger partial charge >= 0.3 is 0 Å². The summed E-state index contributed by atoms with van der Waals surface area (Å²) >= 11 is 0. The molecule has 1 atom stereocenters. The highest BCUT2D eigenvalue weighted by Crippen LogP contribution is 2.28. The number of aromatic nitrogens is 1. The van der Waals surface area contributed by atoms with Crippen molar-refractivity contribution >= 4 is 29.6 Å². The highest BCUT2D eigenvalue weighted by molar-refractivity contribution is 5.97. The number of oxazole rings is 1. The molecule has 1 aliphatic rings. The van der Waals surface area contributed by atoms with Crippen molar-refractivity contribution < 1.29 is 18.8 Å². The number of benzene rings is 2. The number of likely N-dealkylation sites (tertiary alicyclic amines) is 1. The molecule has 2 heterocycles. The Labute approximate surface area is 179 Å². The summed E-state index contributed by atoms with van der Waals surface area (Å²) in [5.41, 5.74) is 2.95. The molecule has 8 heteroatoms. The lowest BCUT2D eigenvalue weighted by Crippen LogP contribution is -2.42. The van der Waals surface area contributed by atoms with Crippen LogP contribution in [0.5, 0.6) is 0 Å². The first-order valence-corrected chi connectivity index (χ1v) is 10.00. The zero-order valence-electron chi connectivity index (χ0n) is 17.0. The van der Waals surface area contributed by atoms with E-state index in [1.165, 1.54) is 6.92 Å². The molecule has 0 saturated carbocycles. The minimum atomic E-state index is -0.415. The van der Waals surface area contributed by atoms with Gasteiger partial charge in [0.15, 0.2) is 5.76 Å². The summed E-state index contributed by atoms with van der Waals surface area (Å²) in [4.78, 5) is 40.7. The number of rotatable bonds is 6. The Morgan fingerprint density at radius 1 is 1.06 bits per heavy atom. The van der Waals surface area contributed by atoms with Crippen molar-refractivity contribution in [3.8, 4) is 22.8 Å². The number of nitrogens with one attached hydrogen (secondary N) is 2. The van der Waals surface area contributed by atoms with Gasteiger partial charge in [0.25, 0.3) is 0 Å². The lowest BCUT2D eigenvalue weighted by atomic mass is 10.1. The predicted octanol–water partition coefficient (Wildman–Crippen LogP) is 3.53. The summed E-state index contributed by atoms with van der Waals surface area (Å²) in [5.74, 6) is 0.816. The van der Waals surface area contributed by atoms with Crippen LogP contribution in [0.25, 0.3) is 22.8 Å². The van der Waals surface area contributed by atoms with Gasteiger partial charge in [-0.25, -0.2) is 4.98 Å². The summed E-state index contributed by atoms with van der Waals surface area (Å²) in [7, 11) is 0. The minimum Gasteiger partial charge on any atom is -0.436 e. The van der Waals surface area contributed by atoms with Crippen molar-refractivity contribution in [2.75, 3.05) is 17.2 Å². The van der Waals surface area contributed by atoms with Gasteiger partial charge in [0.1, 0.15) is 6.04 Å². The molecule has 0 aliphatic carbocycles. The van der Waals surface area contributed by atoms with Crippen LogP contribution in [0.2, 0.25) is 0 Å². The molecule has 4 rings (SSSR count). The van der Waals surface area contributed by atoms with Crippen LogP contribution in [0.1, 0.15) is 19.8 Å². The molecule has 158 valence electrons. The van der Waals surface area contributed by atoms with E-state index in [-0.39, 0.29) is 11.8 Å². The lowest BCUT2D eigenvalue weighted by molar-refractivity contribution is -0.134. The number of carbonyl (C=O) groups excluding carboxylic acids is 3. The van der Waals surface area contributed by atoms with Crippen molar-refractivity contribution in [3.63, 3.8) is 0 Å². The summed E-state index contributed by atoms with van der Waals surface area (Å²) in [6, 6.07) is 14.0. The van der Waals surface area contributed by atoms with Crippen molar-refractivity contribution in [1.82, 2.24) is 9.88 Å². The third-order valence-corrected chi connectivity index (χ3v) is 5.26. The predicted molar refractivity (Wildman–Crippen MR) is 116 cm³/mol. The van der Waals surface area contributed by atoms with E-state index >= 15 is 0 Å². The number of hydrogen-bond donors (Lipinski definition) is 2. The summed E-state index contributed by atoms with van der Waals surface area (Å²) in [6.45, 7) is 2.11. The SMILES string of the molecule is CC(=O)N1CCC[C@H]1C(=O)Nc1ccc(-c2cnc(-c3ccc(NC=O)cc3)o2)cc1. The first-order valence-electron chi connectivity index (χ1n) is 10.00. The van der Waals surface area contributed by atoms with Crippen molar-refractivity contribution in [2.45, 2.75) is 25.8 Å². The summed E-state index contributed by atoms with van der Waals surface area (Å²) < 4.78 is 5.87. The molecule has 0 unspecified atom stereocenters. The summed E-state index contributed by atoms with van der Waals surface area (Å²) in [6.07, 6.45) is 3.78. The second-order valence-corrected chi connectivity index (χ2v) is 7.31. The smallest absolute Gasteiger partial charge is 0.247 e. The van der Waals surface area contributed by atoms with E-state index in [9.17, 15) is 14.4 Å². The fourth-order valence-corrected chi connectivity index (χ4v) is 3.68. The molecule has 0 bridgehead atoms. The highest BCUT2D eigenvalue weighted by Gasteiger charge is 2.32. The van der Waals surface area contributed by atoms with Crippen LogP contribution in [0.15, 0.2) is 59.1 Å². The maximum Gasteiger partial charge on any atom is 0.247 e. The zero-order valence-corrected chi connectivity index (χ0v) is 17.0. The molecule has 31 heavy (non-hydrogen) atoms. The van der Waals surface area contributed by atoms with E-state index in [1.807, 2.05) is 24.3 Å². The highest BCUT2D eigenvalue weighted by atomic mass is 16.4. The maximum atomic E-state index is 12.6. The van der Waals surface area contributed by atoms with Gasteiger partial charge in [-0.15, -0.1) is 0 Å². The Morgan fingerprint density at radius 3 is 2.42 bits per heavy atom. The number of amides is 3. The average Bonchev–Trinajstić information content (AvgIpc) is 3.45. The maximum absolute atomic E-state index is 12.6. The van der Waals surface area contributed by atoms with Crippen LogP contribution in [-0.2, 0) is 14.4 Å². The van der Waals surface area contributed by atoms with Gasteiger partial charge in [-0.3, -0.25) is 14.4 Å². The minimum absolute atomic E-state index is 0.0798. The van der Waals surface area contributed by atoms with Crippen molar-refractivity contribution in [3.05, 3.63) is 54.7 Å². The van der Waals surface area contributed by atoms with Crippen molar-refractivity contribution in [2.24, 2.45) is 0 Å². The van der Waals surface area contributed by atoms with Gasteiger partial charge in [-0.05, 0) is 61.4 Å². The van der Waals surface area contributed by atoms with E-state index in [4.69, 9.17) is 4.42 Å². The van der Waals surface area contributed by atoms with E-state index in [0.29, 0.717) is 42.4 Å². The second-order valence-electron chi connectivity index (χ2n) is 7.31. The average molecular weight is 418 g/mol. The van der Waals surface area contributed by atoms with Crippen molar-refractivity contribution in [1.29, 1.82) is 0 Å². The van der Waals surface area contributed by atoms with Gasteiger partial charge in [0.05, 0.1) is 6.20 Å². The molecular weight excluding hydrogens is 396 g/mol. The standard InChI is InChI=1S/C23H22N4O4/c1-15(29)27-12-2-3-20(27)22(30)26-19-10-4-16(5-11-19)21-13-24-23(31-21)17-6-8-18(9-7-17)25-14-28/h4-11,13-14,20H,2-3,12H2,1H3,(H,25,28)(H,26,30)/t20-/m0/s1. The number of nitrogens with zero attached hydrogens (tertiary/aromatic N) is 2. The van der Waals surface area contributed by atoms with Gasteiger partial charge in [0.2, 0.25) is 24.1 Å². The molecule has 2 aromatic carbocycles. The lowest BCUT2D eigenvalue weighted by Gasteiger charge is -2.22. The molecule has 1 aromatic heterocycles. The van der Waals surface area contributed by atoms with E-state index < -0.39 is 6.04 Å². The van der Waals surface area contributed by atoms with Crippen LogP contribution in [0.3, 0.4) is 0 Å². The number of hydrogen-bond acceptors (Lipinski definition) is 5. The fourth-order valence-electron chi connectivity index (χ4n) is 3.68. The van der Waals surface area contributed by atoms with E-state index in [0.717, 1.165) is 17.5 Å². The molecule has 2 N–H and O–H groups in total. The van der Waals surface area contributed by atoms with Crippen LogP contribution >= 0.6 is 0 Å². The van der Waals surface area contributed by atoms with E-state index in [1.54, 1.807) is 35.4 Å². The van der Waals surface area contributed by atoms with E-state index in [2.05, 4.69) is 15.6 Å². The molecule has 0 spiro atoms. The Balaban J connectivity index is 1.43. The fraction of sp³-hybridized carbons (Fsp3) is 0.217. The molecule has 0 radical (unpaired) electrons.